The second-order valence-corrected chi connectivity index (χ2v) is 8.02. The van der Waals surface area contributed by atoms with E-state index >= 15 is 0 Å². The lowest BCUT2D eigenvalue weighted by Crippen LogP contribution is -2.18. The monoisotopic (exact) mass is 210 g/mol. The van der Waals surface area contributed by atoms with Gasteiger partial charge in [-0.05, 0) is 22.7 Å². The Balaban J connectivity index is 5.02. The largest absolute Gasteiger partial charge is 0.0794 e. The number of hydrogen-bond donors (Lipinski definition) is 0. The summed E-state index contributed by atoms with van der Waals surface area (Å²) in [4.78, 5) is 0. The van der Waals surface area contributed by atoms with E-state index in [1.54, 1.807) is 5.57 Å². The zero-order valence-electron chi connectivity index (χ0n) is 12.3. The third-order valence-corrected chi connectivity index (χ3v) is 2.29. The first-order chi connectivity index (χ1) is 6.31. The van der Waals surface area contributed by atoms with Crippen molar-refractivity contribution in [1.29, 1.82) is 0 Å². The minimum atomic E-state index is 0.286. The molecule has 0 aromatic rings. The van der Waals surface area contributed by atoms with E-state index in [0.29, 0.717) is 10.8 Å². The molecule has 0 fully saturated rings. The van der Waals surface area contributed by atoms with Crippen LogP contribution in [0.4, 0.5) is 0 Å². The summed E-state index contributed by atoms with van der Waals surface area (Å²) >= 11 is 0. The zero-order valence-corrected chi connectivity index (χ0v) is 12.3. The summed E-state index contributed by atoms with van der Waals surface area (Å²) in [6, 6.07) is 0. The molecule has 0 amide bonds. The highest BCUT2D eigenvalue weighted by Gasteiger charge is 2.24. The Kier molecular flexibility index (Phi) is 4.24. The maximum atomic E-state index is 2.46. The van der Waals surface area contributed by atoms with E-state index in [4.69, 9.17) is 0 Å². The van der Waals surface area contributed by atoms with Gasteiger partial charge in [-0.1, -0.05) is 74.0 Å². The molecule has 90 valence electrons. The molecule has 0 bridgehead atoms. The maximum absolute atomic E-state index is 2.46. The third kappa shape index (κ3) is 7.64. The molecule has 0 aliphatic carbocycles. The van der Waals surface area contributed by atoms with E-state index in [-0.39, 0.29) is 5.41 Å². The van der Waals surface area contributed by atoms with E-state index < -0.39 is 0 Å². The van der Waals surface area contributed by atoms with Crippen LogP contribution in [0.5, 0.6) is 0 Å². The number of allylic oxidation sites excluding steroid dienone is 2. The van der Waals surface area contributed by atoms with Crippen molar-refractivity contribution < 1.29 is 0 Å². The second kappa shape index (κ2) is 4.31. The van der Waals surface area contributed by atoms with E-state index in [0.717, 1.165) is 0 Å². The van der Waals surface area contributed by atoms with Crippen LogP contribution in [0.15, 0.2) is 11.6 Å². The molecule has 0 saturated heterocycles. The minimum absolute atomic E-state index is 0.286. The van der Waals surface area contributed by atoms with Gasteiger partial charge in [0.05, 0.1) is 0 Å². The molecule has 0 nitrogen and oxygen atoms in total. The first-order valence-electron chi connectivity index (χ1n) is 6.03. The summed E-state index contributed by atoms with van der Waals surface area (Å²) in [7, 11) is 0. The van der Waals surface area contributed by atoms with E-state index in [9.17, 15) is 0 Å². The smallest absolute Gasteiger partial charge is 0.0173 e. The van der Waals surface area contributed by atoms with Crippen LogP contribution >= 0.6 is 0 Å². The molecule has 0 heterocycles. The van der Waals surface area contributed by atoms with Crippen molar-refractivity contribution in [3.63, 3.8) is 0 Å². The minimum Gasteiger partial charge on any atom is -0.0794 e. The molecule has 0 aromatic carbocycles. The van der Waals surface area contributed by atoms with Gasteiger partial charge in [-0.15, -0.1) is 0 Å². The molecule has 0 heteroatoms. The van der Waals surface area contributed by atoms with Crippen molar-refractivity contribution in [3.8, 4) is 0 Å². The quantitative estimate of drug-likeness (QED) is 0.505. The van der Waals surface area contributed by atoms with Crippen molar-refractivity contribution in [2.24, 2.45) is 16.2 Å². The Morgan fingerprint density at radius 2 is 1.20 bits per heavy atom. The van der Waals surface area contributed by atoms with Crippen molar-refractivity contribution in [1.82, 2.24) is 0 Å². The normalized spacial score (nSPS) is 15.7. The summed E-state index contributed by atoms with van der Waals surface area (Å²) in [5.41, 5.74) is 2.54. The van der Waals surface area contributed by atoms with Crippen LogP contribution in [-0.4, -0.2) is 0 Å². The van der Waals surface area contributed by atoms with Gasteiger partial charge in [-0.2, -0.15) is 0 Å². The Hall–Kier alpha value is -0.260. The first-order valence-corrected chi connectivity index (χ1v) is 6.03. The van der Waals surface area contributed by atoms with Crippen LogP contribution in [-0.2, 0) is 0 Å². The van der Waals surface area contributed by atoms with Gasteiger partial charge in [0.25, 0.3) is 0 Å². The fourth-order valence-electron chi connectivity index (χ4n) is 1.63. The van der Waals surface area contributed by atoms with Crippen LogP contribution in [0.2, 0.25) is 0 Å². The predicted octanol–water partition coefficient (Wildman–Crippen LogP) is 5.44. The zero-order chi connectivity index (χ0) is 12.5. The number of rotatable bonds is 1. The Morgan fingerprint density at radius 3 is 1.40 bits per heavy atom. The second-order valence-electron chi connectivity index (χ2n) is 8.02. The highest BCUT2D eigenvalue weighted by atomic mass is 14.3. The van der Waals surface area contributed by atoms with Crippen LogP contribution < -0.4 is 0 Å². The summed E-state index contributed by atoms with van der Waals surface area (Å²) < 4.78 is 0. The van der Waals surface area contributed by atoms with Crippen LogP contribution in [0.25, 0.3) is 0 Å². The molecule has 0 radical (unpaired) electrons. The lowest BCUT2D eigenvalue weighted by Gasteiger charge is -2.32. The molecule has 0 atom stereocenters. The van der Waals surface area contributed by atoms with Crippen molar-refractivity contribution in [2.75, 3.05) is 0 Å². The number of hydrogen-bond acceptors (Lipinski definition) is 0. The first kappa shape index (κ1) is 14.7. The van der Waals surface area contributed by atoms with Gasteiger partial charge in [0, 0.05) is 0 Å². The average molecular weight is 210 g/mol. The fraction of sp³-hybridized carbons (Fsp3) is 0.867. The van der Waals surface area contributed by atoms with Crippen molar-refractivity contribution >= 4 is 0 Å². The summed E-state index contributed by atoms with van der Waals surface area (Å²) in [5, 5.41) is 0. The van der Waals surface area contributed by atoms with Crippen molar-refractivity contribution in [2.45, 2.75) is 68.7 Å². The molecule has 0 rings (SSSR count). The topological polar surface area (TPSA) is 0 Å². The third-order valence-electron chi connectivity index (χ3n) is 2.29. The standard InChI is InChI=1S/C15H30/c1-13(2,3)10-12(15(7,8)9)11-14(4,5)6/h10H,11H2,1-9H3. The molecule has 0 saturated carbocycles. The summed E-state index contributed by atoms with van der Waals surface area (Å²) in [5.74, 6) is 0. The van der Waals surface area contributed by atoms with E-state index in [1.165, 1.54) is 6.42 Å². The Morgan fingerprint density at radius 1 is 0.800 bits per heavy atom. The SMILES string of the molecule is CC(C)(C)C=C(CC(C)(C)C)C(C)(C)C. The van der Waals surface area contributed by atoms with Gasteiger partial charge in [-0.3, -0.25) is 0 Å². The van der Waals surface area contributed by atoms with Gasteiger partial charge in [0.15, 0.2) is 0 Å². The highest BCUT2D eigenvalue weighted by molar-refractivity contribution is 5.15. The average Bonchev–Trinajstić information content (AvgIpc) is 1.75. The Bertz CT molecular complexity index is 222. The van der Waals surface area contributed by atoms with Crippen LogP contribution in [0.1, 0.15) is 68.7 Å². The fourth-order valence-corrected chi connectivity index (χ4v) is 1.63. The van der Waals surface area contributed by atoms with Crippen LogP contribution in [0.3, 0.4) is 0 Å². The van der Waals surface area contributed by atoms with E-state index in [2.05, 4.69) is 68.4 Å². The molecular weight excluding hydrogens is 180 g/mol. The summed E-state index contributed by atoms with van der Waals surface area (Å²) in [6.07, 6.45) is 3.64. The molecule has 0 N–H and O–H groups in total. The van der Waals surface area contributed by atoms with Gasteiger partial charge in [0.2, 0.25) is 0 Å². The lowest BCUT2D eigenvalue weighted by atomic mass is 9.74. The molecule has 0 aliphatic heterocycles. The molecule has 0 aromatic heterocycles. The maximum Gasteiger partial charge on any atom is -0.0173 e. The molecule has 0 aliphatic rings. The summed E-state index contributed by atoms with van der Waals surface area (Å²) in [6.45, 7) is 20.7. The van der Waals surface area contributed by atoms with Crippen molar-refractivity contribution in [3.05, 3.63) is 11.6 Å². The lowest BCUT2D eigenvalue weighted by molar-refractivity contribution is 0.351. The van der Waals surface area contributed by atoms with Gasteiger partial charge < -0.3 is 0 Å². The highest BCUT2D eigenvalue weighted by Crippen LogP contribution is 2.37. The van der Waals surface area contributed by atoms with Crippen LogP contribution in [0, 0.1) is 16.2 Å². The van der Waals surface area contributed by atoms with E-state index in [1.807, 2.05) is 0 Å². The Labute approximate surface area is 97.2 Å². The molecule has 0 spiro atoms. The van der Waals surface area contributed by atoms with Gasteiger partial charge in [-0.25, -0.2) is 0 Å². The molecular formula is C15H30. The van der Waals surface area contributed by atoms with Gasteiger partial charge in [0.1, 0.15) is 0 Å². The molecule has 15 heavy (non-hydrogen) atoms. The van der Waals surface area contributed by atoms with Gasteiger partial charge >= 0.3 is 0 Å². The molecule has 0 unspecified atom stereocenters. The predicted molar refractivity (Wildman–Crippen MR) is 71.1 cm³/mol.